The highest BCUT2D eigenvalue weighted by molar-refractivity contribution is 5.83. The van der Waals surface area contributed by atoms with E-state index < -0.39 is 0 Å². The van der Waals surface area contributed by atoms with Crippen molar-refractivity contribution in [3.05, 3.63) is 115 Å². The van der Waals surface area contributed by atoms with Crippen LogP contribution in [0.5, 0.6) is 0 Å². The molecular formula is C27H28. The van der Waals surface area contributed by atoms with Crippen LogP contribution >= 0.6 is 0 Å². The Labute approximate surface area is 164 Å². The van der Waals surface area contributed by atoms with E-state index in [1.165, 1.54) is 27.8 Å². The zero-order valence-corrected chi connectivity index (χ0v) is 16.6. The van der Waals surface area contributed by atoms with Gasteiger partial charge in [-0.1, -0.05) is 105 Å². The van der Waals surface area contributed by atoms with Crippen LogP contribution in [0.1, 0.15) is 25.0 Å². The molecule has 0 nitrogen and oxygen atoms in total. The Morgan fingerprint density at radius 3 is 1.78 bits per heavy atom. The summed E-state index contributed by atoms with van der Waals surface area (Å²) in [6, 6.07) is 25.8. The molecule has 0 N–H and O–H groups in total. The van der Waals surface area contributed by atoms with E-state index in [2.05, 4.69) is 86.8 Å². The van der Waals surface area contributed by atoms with Crippen LogP contribution in [-0.2, 0) is 0 Å². The van der Waals surface area contributed by atoms with Crippen LogP contribution in [0.15, 0.2) is 104 Å². The summed E-state index contributed by atoms with van der Waals surface area (Å²) in [5.74, 6) is 0. The number of hydrogen-bond donors (Lipinski definition) is 0. The van der Waals surface area contributed by atoms with Gasteiger partial charge in [-0.3, -0.25) is 0 Å². The van der Waals surface area contributed by atoms with E-state index in [-0.39, 0.29) is 0 Å². The highest BCUT2D eigenvalue weighted by atomic mass is 14.1. The van der Waals surface area contributed by atoms with Crippen LogP contribution in [0.25, 0.3) is 27.8 Å². The topological polar surface area (TPSA) is 0 Å². The molecule has 0 heterocycles. The second-order valence-electron chi connectivity index (χ2n) is 6.09. The van der Waals surface area contributed by atoms with Crippen molar-refractivity contribution in [2.24, 2.45) is 0 Å². The predicted octanol–water partition coefficient (Wildman–Crippen LogP) is 8.11. The van der Waals surface area contributed by atoms with Gasteiger partial charge in [0.05, 0.1) is 0 Å². The molecule has 0 bridgehead atoms. The molecule has 0 saturated carbocycles. The quantitative estimate of drug-likeness (QED) is 0.407. The molecule has 0 heteroatoms. The summed E-state index contributed by atoms with van der Waals surface area (Å²) in [7, 11) is 0. The van der Waals surface area contributed by atoms with Gasteiger partial charge in [0.2, 0.25) is 0 Å². The number of aryl methyl sites for hydroxylation is 1. The molecule has 0 aliphatic rings. The van der Waals surface area contributed by atoms with E-state index in [0.717, 1.165) is 11.1 Å². The Hall–Kier alpha value is -3.12. The minimum Gasteiger partial charge on any atom is -0.0990 e. The Bertz CT molecular complexity index is 910. The Morgan fingerprint density at radius 2 is 1.26 bits per heavy atom. The predicted molar refractivity (Wildman–Crippen MR) is 122 cm³/mol. The van der Waals surface area contributed by atoms with Crippen molar-refractivity contribution in [1.82, 2.24) is 0 Å². The van der Waals surface area contributed by atoms with Crippen LogP contribution < -0.4 is 0 Å². The molecule has 0 aliphatic carbocycles. The zero-order chi connectivity index (χ0) is 19.6. The molecule has 27 heavy (non-hydrogen) atoms. The van der Waals surface area contributed by atoms with Gasteiger partial charge in [-0.25, -0.2) is 0 Å². The second kappa shape index (κ2) is 10.1. The van der Waals surface area contributed by atoms with E-state index >= 15 is 0 Å². The van der Waals surface area contributed by atoms with Crippen molar-refractivity contribution < 1.29 is 0 Å². The first-order valence-electron chi connectivity index (χ1n) is 9.44. The van der Waals surface area contributed by atoms with E-state index in [1.54, 1.807) is 6.08 Å². The van der Waals surface area contributed by atoms with Crippen molar-refractivity contribution in [3.63, 3.8) is 0 Å². The lowest BCUT2D eigenvalue weighted by molar-refractivity contribution is 1.46. The van der Waals surface area contributed by atoms with Crippen molar-refractivity contribution in [2.75, 3.05) is 0 Å². The molecule has 0 spiro atoms. The van der Waals surface area contributed by atoms with Crippen LogP contribution in [0, 0.1) is 6.92 Å². The lowest BCUT2D eigenvalue weighted by atomic mass is 9.93. The largest absolute Gasteiger partial charge is 0.0990 e. The maximum atomic E-state index is 3.96. The van der Waals surface area contributed by atoms with Crippen LogP contribution in [0.2, 0.25) is 0 Å². The molecule has 0 fully saturated rings. The summed E-state index contributed by atoms with van der Waals surface area (Å²) in [5, 5.41) is 0. The summed E-state index contributed by atoms with van der Waals surface area (Å²) in [5.41, 5.74) is 8.31. The highest BCUT2D eigenvalue weighted by Gasteiger charge is 2.07. The molecule has 3 rings (SSSR count). The van der Waals surface area contributed by atoms with Gasteiger partial charge in [-0.15, -0.1) is 0 Å². The molecule has 0 radical (unpaired) electrons. The van der Waals surface area contributed by atoms with Crippen molar-refractivity contribution in [1.29, 1.82) is 0 Å². The molecule has 136 valence electrons. The first kappa shape index (κ1) is 20.2. The van der Waals surface area contributed by atoms with Gasteiger partial charge >= 0.3 is 0 Å². The van der Waals surface area contributed by atoms with Crippen molar-refractivity contribution in [2.45, 2.75) is 20.8 Å². The highest BCUT2D eigenvalue weighted by Crippen LogP contribution is 2.31. The standard InChI is InChI=1S/C25H22.C2H6/c1-4-9-20(5-2)23-16-24(21-10-7-6-8-11-21)18-25(17-23)22-14-12-19(3)13-15-22;1-2/h4-18H,1-2H2,3H3;1-2H3/b20-9+;. The molecule has 0 saturated heterocycles. The second-order valence-corrected chi connectivity index (χ2v) is 6.09. The number of hydrogen-bond acceptors (Lipinski definition) is 0. The summed E-state index contributed by atoms with van der Waals surface area (Å²) in [4.78, 5) is 0. The maximum Gasteiger partial charge on any atom is -0.0172 e. The Kier molecular flexibility index (Phi) is 7.58. The van der Waals surface area contributed by atoms with Crippen molar-refractivity contribution in [3.8, 4) is 22.3 Å². The minimum atomic E-state index is 1.07. The normalized spacial score (nSPS) is 10.6. The molecule has 0 atom stereocenters. The van der Waals surface area contributed by atoms with Crippen LogP contribution in [-0.4, -0.2) is 0 Å². The molecule has 0 aliphatic heterocycles. The minimum absolute atomic E-state index is 1.07. The molecular weight excluding hydrogens is 324 g/mol. The summed E-state index contributed by atoms with van der Waals surface area (Å²) >= 11 is 0. The number of rotatable bonds is 5. The van der Waals surface area contributed by atoms with E-state index in [1.807, 2.05) is 32.1 Å². The number of allylic oxidation sites excluding steroid dienone is 4. The van der Waals surface area contributed by atoms with Crippen molar-refractivity contribution >= 4 is 5.57 Å². The summed E-state index contributed by atoms with van der Waals surface area (Å²) in [6.45, 7) is 13.9. The van der Waals surface area contributed by atoms with E-state index in [4.69, 9.17) is 0 Å². The Morgan fingerprint density at radius 1 is 0.704 bits per heavy atom. The van der Waals surface area contributed by atoms with Gasteiger partial charge in [0.1, 0.15) is 0 Å². The van der Waals surface area contributed by atoms with E-state index in [9.17, 15) is 0 Å². The van der Waals surface area contributed by atoms with Gasteiger partial charge in [-0.05, 0) is 58.5 Å². The lowest BCUT2D eigenvalue weighted by Crippen LogP contribution is -1.88. The molecule has 3 aromatic carbocycles. The fraction of sp³-hybridized carbons (Fsp3) is 0.111. The molecule has 3 aromatic rings. The third kappa shape index (κ3) is 5.18. The molecule has 0 aromatic heterocycles. The van der Waals surface area contributed by atoms with Crippen LogP contribution in [0.3, 0.4) is 0 Å². The van der Waals surface area contributed by atoms with Gasteiger partial charge in [0.15, 0.2) is 0 Å². The van der Waals surface area contributed by atoms with Gasteiger partial charge < -0.3 is 0 Å². The third-order valence-corrected chi connectivity index (χ3v) is 4.28. The SMILES string of the molecule is C=C/C=C(\C=C)c1cc(-c2ccccc2)cc(-c2ccc(C)cc2)c1.CC. The maximum absolute atomic E-state index is 3.96. The monoisotopic (exact) mass is 352 g/mol. The fourth-order valence-corrected chi connectivity index (χ4v) is 2.91. The first-order chi connectivity index (χ1) is 13.2. The first-order valence-corrected chi connectivity index (χ1v) is 9.44. The van der Waals surface area contributed by atoms with Gasteiger partial charge in [0, 0.05) is 0 Å². The summed E-state index contributed by atoms with van der Waals surface area (Å²) < 4.78 is 0. The Balaban J connectivity index is 0.00000126. The van der Waals surface area contributed by atoms with Crippen LogP contribution in [0.4, 0.5) is 0 Å². The average Bonchev–Trinajstić information content (AvgIpc) is 2.74. The number of benzene rings is 3. The van der Waals surface area contributed by atoms with Gasteiger partial charge in [-0.2, -0.15) is 0 Å². The summed E-state index contributed by atoms with van der Waals surface area (Å²) in [6.07, 6.45) is 5.68. The lowest BCUT2D eigenvalue weighted by Gasteiger charge is -2.12. The smallest absolute Gasteiger partial charge is 0.0172 e. The zero-order valence-electron chi connectivity index (χ0n) is 16.6. The van der Waals surface area contributed by atoms with E-state index in [0.29, 0.717) is 0 Å². The molecule has 0 unspecified atom stereocenters. The molecule has 0 amide bonds. The fourth-order valence-electron chi connectivity index (χ4n) is 2.91. The average molecular weight is 353 g/mol. The third-order valence-electron chi connectivity index (χ3n) is 4.28. The van der Waals surface area contributed by atoms with Gasteiger partial charge in [0.25, 0.3) is 0 Å².